The van der Waals surface area contributed by atoms with Crippen LogP contribution in [0.4, 0.5) is 0 Å². The number of benzene rings is 1. The fourth-order valence-electron chi connectivity index (χ4n) is 2.70. The summed E-state index contributed by atoms with van der Waals surface area (Å²) in [5, 5.41) is 0. The summed E-state index contributed by atoms with van der Waals surface area (Å²) in [6.45, 7) is 7.30. The molecule has 0 atom stereocenters. The lowest BCUT2D eigenvalue weighted by molar-refractivity contribution is 0.126. The van der Waals surface area contributed by atoms with Gasteiger partial charge in [0.25, 0.3) is 0 Å². The number of nitrogens with zero attached hydrogens (tertiary/aromatic N) is 2. The molecule has 2 rings (SSSR count). The van der Waals surface area contributed by atoms with Crippen molar-refractivity contribution in [3.05, 3.63) is 23.8 Å². The van der Waals surface area contributed by atoms with Crippen molar-refractivity contribution in [1.82, 2.24) is 9.80 Å². The minimum absolute atomic E-state index is 0.782. The maximum Gasteiger partial charge on any atom is 0.122 e. The molecule has 5 heteroatoms. The molecule has 1 aromatic carbocycles. The first-order chi connectivity index (χ1) is 10.2. The molecule has 0 aromatic heterocycles. The largest absolute Gasteiger partial charge is 0.497 e. The van der Waals surface area contributed by atoms with E-state index in [1.165, 1.54) is 5.56 Å². The molecule has 1 heterocycles. The van der Waals surface area contributed by atoms with Gasteiger partial charge in [0.15, 0.2) is 0 Å². The van der Waals surface area contributed by atoms with Gasteiger partial charge in [0.2, 0.25) is 0 Å². The average Bonchev–Trinajstić information content (AvgIpc) is 2.53. The van der Waals surface area contributed by atoms with Gasteiger partial charge in [0.05, 0.1) is 14.2 Å². The van der Waals surface area contributed by atoms with Crippen LogP contribution in [0.3, 0.4) is 0 Å². The van der Waals surface area contributed by atoms with E-state index in [0.29, 0.717) is 0 Å². The molecule has 0 unspecified atom stereocenters. The monoisotopic (exact) mass is 293 g/mol. The highest BCUT2D eigenvalue weighted by atomic mass is 16.5. The predicted octanol–water partition coefficient (Wildman–Crippen LogP) is 1.17. The lowest BCUT2D eigenvalue weighted by Gasteiger charge is -2.34. The molecule has 0 bridgehead atoms. The Kier molecular flexibility index (Phi) is 6.29. The Morgan fingerprint density at radius 1 is 0.952 bits per heavy atom. The van der Waals surface area contributed by atoms with E-state index in [0.717, 1.165) is 63.7 Å². The van der Waals surface area contributed by atoms with Crippen molar-refractivity contribution in [2.75, 3.05) is 53.5 Å². The molecule has 0 saturated carbocycles. The molecule has 1 saturated heterocycles. The van der Waals surface area contributed by atoms with Crippen LogP contribution in [0.15, 0.2) is 18.2 Å². The maximum absolute atomic E-state index is 5.57. The highest BCUT2D eigenvalue weighted by Crippen LogP contribution is 2.23. The molecule has 1 aliphatic heterocycles. The van der Waals surface area contributed by atoms with Gasteiger partial charge in [-0.25, -0.2) is 0 Å². The van der Waals surface area contributed by atoms with E-state index < -0.39 is 0 Å². The molecule has 5 nitrogen and oxygen atoms in total. The standard InChI is InChI=1S/C16H27N3O2/c1-20-15-10-14(11-16(12-15)21-2)13-19-8-6-18(7-9-19)5-3-4-17/h10-12H,3-9,13,17H2,1-2H3. The lowest BCUT2D eigenvalue weighted by atomic mass is 10.1. The van der Waals surface area contributed by atoms with E-state index in [1.807, 2.05) is 6.07 Å². The van der Waals surface area contributed by atoms with Crippen LogP contribution in [0, 0.1) is 0 Å². The molecule has 2 N–H and O–H groups in total. The van der Waals surface area contributed by atoms with Gasteiger partial charge >= 0.3 is 0 Å². The molecule has 0 spiro atoms. The third-order valence-corrected chi connectivity index (χ3v) is 3.96. The van der Waals surface area contributed by atoms with Gasteiger partial charge in [-0.3, -0.25) is 4.90 Å². The van der Waals surface area contributed by atoms with Crippen LogP contribution in [0.5, 0.6) is 11.5 Å². The van der Waals surface area contributed by atoms with E-state index >= 15 is 0 Å². The molecule has 1 aromatic rings. The van der Waals surface area contributed by atoms with Crippen LogP contribution in [0.25, 0.3) is 0 Å². The number of hydrogen-bond acceptors (Lipinski definition) is 5. The van der Waals surface area contributed by atoms with Crippen LogP contribution >= 0.6 is 0 Å². The SMILES string of the molecule is COc1cc(CN2CCN(CCCN)CC2)cc(OC)c1. The quantitative estimate of drug-likeness (QED) is 0.818. The van der Waals surface area contributed by atoms with Gasteiger partial charge in [-0.15, -0.1) is 0 Å². The zero-order valence-corrected chi connectivity index (χ0v) is 13.2. The second kappa shape index (κ2) is 8.22. The third kappa shape index (κ3) is 4.88. The van der Waals surface area contributed by atoms with Crippen molar-refractivity contribution < 1.29 is 9.47 Å². The highest BCUT2D eigenvalue weighted by molar-refractivity contribution is 5.38. The minimum Gasteiger partial charge on any atom is -0.497 e. The number of rotatable bonds is 7. The van der Waals surface area contributed by atoms with Gasteiger partial charge in [0, 0.05) is 38.8 Å². The first-order valence-corrected chi connectivity index (χ1v) is 7.62. The van der Waals surface area contributed by atoms with Crippen molar-refractivity contribution in [2.45, 2.75) is 13.0 Å². The van der Waals surface area contributed by atoms with Crippen LogP contribution in [-0.2, 0) is 6.54 Å². The van der Waals surface area contributed by atoms with Gasteiger partial charge < -0.3 is 20.1 Å². The van der Waals surface area contributed by atoms with Crippen molar-refractivity contribution in [3.63, 3.8) is 0 Å². The number of nitrogens with two attached hydrogens (primary N) is 1. The Bertz CT molecular complexity index is 409. The van der Waals surface area contributed by atoms with E-state index in [-0.39, 0.29) is 0 Å². The predicted molar refractivity (Wildman–Crippen MR) is 84.9 cm³/mol. The Morgan fingerprint density at radius 2 is 1.52 bits per heavy atom. The first-order valence-electron chi connectivity index (χ1n) is 7.62. The van der Waals surface area contributed by atoms with E-state index in [4.69, 9.17) is 15.2 Å². The summed E-state index contributed by atoms with van der Waals surface area (Å²) >= 11 is 0. The summed E-state index contributed by atoms with van der Waals surface area (Å²) in [5.74, 6) is 1.71. The summed E-state index contributed by atoms with van der Waals surface area (Å²) in [4.78, 5) is 4.97. The van der Waals surface area contributed by atoms with Crippen LogP contribution in [0.1, 0.15) is 12.0 Å². The summed E-state index contributed by atoms with van der Waals surface area (Å²) in [7, 11) is 3.38. The molecule has 21 heavy (non-hydrogen) atoms. The van der Waals surface area contributed by atoms with Crippen molar-refractivity contribution in [1.29, 1.82) is 0 Å². The lowest BCUT2D eigenvalue weighted by Crippen LogP contribution is -2.46. The van der Waals surface area contributed by atoms with Crippen LogP contribution in [-0.4, -0.2) is 63.3 Å². The second-order valence-electron chi connectivity index (χ2n) is 5.48. The minimum atomic E-state index is 0.782. The van der Waals surface area contributed by atoms with Crippen LogP contribution < -0.4 is 15.2 Å². The molecule has 1 aliphatic rings. The molecular weight excluding hydrogens is 266 g/mol. The molecule has 0 amide bonds. The van der Waals surface area contributed by atoms with Crippen molar-refractivity contribution in [3.8, 4) is 11.5 Å². The molecule has 1 fully saturated rings. The first kappa shape index (κ1) is 16.1. The number of hydrogen-bond donors (Lipinski definition) is 1. The van der Waals surface area contributed by atoms with Crippen molar-refractivity contribution in [2.24, 2.45) is 5.73 Å². The van der Waals surface area contributed by atoms with Crippen LogP contribution in [0.2, 0.25) is 0 Å². The topological polar surface area (TPSA) is 51.0 Å². The number of piperazine rings is 1. The Balaban J connectivity index is 1.88. The van der Waals surface area contributed by atoms with Crippen molar-refractivity contribution >= 4 is 0 Å². The fraction of sp³-hybridized carbons (Fsp3) is 0.625. The average molecular weight is 293 g/mol. The zero-order valence-electron chi connectivity index (χ0n) is 13.2. The van der Waals surface area contributed by atoms with E-state index in [9.17, 15) is 0 Å². The summed E-state index contributed by atoms with van der Waals surface area (Å²) in [6.07, 6.45) is 1.09. The normalized spacial score (nSPS) is 16.9. The Morgan fingerprint density at radius 3 is 2.05 bits per heavy atom. The number of methoxy groups -OCH3 is 2. The second-order valence-corrected chi connectivity index (χ2v) is 5.48. The summed E-state index contributed by atoms with van der Waals surface area (Å²) in [5.41, 5.74) is 6.81. The third-order valence-electron chi connectivity index (χ3n) is 3.96. The maximum atomic E-state index is 5.57. The fourth-order valence-corrected chi connectivity index (χ4v) is 2.70. The zero-order chi connectivity index (χ0) is 15.1. The van der Waals surface area contributed by atoms with Gasteiger partial charge in [-0.05, 0) is 37.2 Å². The summed E-state index contributed by atoms with van der Waals surface area (Å²) < 4.78 is 10.7. The van der Waals surface area contributed by atoms with Gasteiger partial charge in [-0.2, -0.15) is 0 Å². The summed E-state index contributed by atoms with van der Waals surface area (Å²) in [6, 6.07) is 6.08. The van der Waals surface area contributed by atoms with Gasteiger partial charge in [-0.1, -0.05) is 0 Å². The Labute approximate surface area is 127 Å². The van der Waals surface area contributed by atoms with Gasteiger partial charge in [0.1, 0.15) is 11.5 Å². The smallest absolute Gasteiger partial charge is 0.122 e. The molecule has 0 aliphatic carbocycles. The van der Waals surface area contributed by atoms with E-state index in [2.05, 4.69) is 21.9 Å². The van der Waals surface area contributed by atoms with E-state index in [1.54, 1.807) is 14.2 Å². The Hall–Kier alpha value is -1.30. The molecule has 0 radical (unpaired) electrons. The molecular formula is C16H27N3O2. The molecule has 118 valence electrons. The highest BCUT2D eigenvalue weighted by Gasteiger charge is 2.16. The number of ether oxygens (including phenoxy) is 2.